The predicted molar refractivity (Wildman–Crippen MR) is 76.3 cm³/mol. The molecule has 1 heterocycles. The number of hydrogen-bond donors (Lipinski definition) is 2. The van der Waals surface area contributed by atoms with E-state index in [2.05, 4.69) is 10.6 Å². The summed E-state index contributed by atoms with van der Waals surface area (Å²) in [6.45, 7) is 0.296. The Hall–Kier alpha value is -2.33. The number of furan rings is 1. The minimum absolute atomic E-state index is 0.0605. The van der Waals surface area contributed by atoms with Gasteiger partial charge >= 0.3 is 0 Å². The number of para-hydroxylation sites is 1. The minimum Gasteiger partial charge on any atom is -0.456 e. The topological polar surface area (TPSA) is 54.3 Å². The molecule has 0 radical (unpaired) electrons. The molecule has 0 aliphatic carbocycles. The molecule has 0 saturated heterocycles. The van der Waals surface area contributed by atoms with Crippen LogP contribution in [0.15, 0.2) is 46.9 Å². The van der Waals surface area contributed by atoms with Crippen molar-refractivity contribution in [2.24, 2.45) is 0 Å². The van der Waals surface area contributed by atoms with Gasteiger partial charge in [-0.1, -0.05) is 18.2 Å². The lowest BCUT2D eigenvalue weighted by Crippen LogP contribution is -2.24. The van der Waals surface area contributed by atoms with E-state index in [4.69, 9.17) is 4.42 Å². The molecule has 1 aromatic heterocycles. The molecule has 0 atom stereocenters. The number of benzene rings is 2. The van der Waals surface area contributed by atoms with Crippen molar-refractivity contribution >= 4 is 33.5 Å². The summed E-state index contributed by atoms with van der Waals surface area (Å²) in [4.78, 5) is 11.6. The number of carbonyl (C=O) groups is 1. The van der Waals surface area contributed by atoms with Crippen molar-refractivity contribution in [1.29, 1.82) is 0 Å². The van der Waals surface area contributed by atoms with Gasteiger partial charge in [0.05, 0.1) is 6.54 Å². The average molecular weight is 254 g/mol. The molecule has 4 heteroatoms. The standard InChI is InChI=1S/C15H14N2O2/c1-16-9-15(18)17-10-6-7-14-12(8-10)11-4-2-3-5-13(11)19-14/h2-8,16H,9H2,1H3,(H,17,18). The van der Waals surface area contributed by atoms with Gasteiger partial charge in [0.25, 0.3) is 0 Å². The molecule has 0 fully saturated rings. The SMILES string of the molecule is CNCC(=O)Nc1ccc2oc3ccccc3c2c1. The number of rotatable bonds is 3. The van der Waals surface area contributed by atoms with Crippen LogP contribution in [0.2, 0.25) is 0 Å². The number of anilines is 1. The Labute approximate surface area is 110 Å². The maximum Gasteiger partial charge on any atom is 0.238 e. The van der Waals surface area contributed by atoms with Gasteiger partial charge in [0, 0.05) is 16.5 Å². The van der Waals surface area contributed by atoms with Crippen molar-refractivity contribution < 1.29 is 9.21 Å². The van der Waals surface area contributed by atoms with Gasteiger partial charge in [-0.05, 0) is 31.3 Å². The summed E-state index contributed by atoms with van der Waals surface area (Å²) in [5.41, 5.74) is 2.46. The van der Waals surface area contributed by atoms with Gasteiger partial charge in [0.2, 0.25) is 5.91 Å². The molecule has 19 heavy (non-hydrogen) atoms. The summed E-state index contributed by atoms with van der Waals surface area (Å²) in [7, 11) is 1.74. The van der Waals surface area contributed by atoms with Gasteiger partial charge in [0.1, 0.15) is 11.2 Å². The predicted octanol–water partition coefficient (Wildman–Crippen LogP) is 2.74. The largest absolute Gasteiger partial charge is 0.456 e. The van der Waals surface area contributed by atoms with Crippen LogP contribution in [-0.4, -0.2) is 19.5 Å². The highest BCUT2D eigenvalue weighted by Gasteiger charge is 2.08. The Morgan fingerprint density at radius 1 is 1.11 bits per heavy atom. The molecule has 0 saturated carbocycles. The summed E-state index contributed by atoms with van der Waals surface area (Å²) < 4.78 is 5.73. The Kier molecular flexibility index (Phi) is 2.93. The van der Waals surface area contributed by atoms with Crippen LogP contribution in [0.25, 0.3) is 21.9 Å². The van der Waals surface area contributed by atoms with E-state index < -0.39 is 0 Å². The summed E-state index contributed by atoms with van der Waals surface area (Å²) in [6.07, 6.45) is 0. The summed E-state index contributed by atoms with van der Waals surface area (Å²) in [5, 5.41) is 7.73. The van der Waals surface area contributed by atoms with Gasteiger partial charge in [-0.2, -0.15) is 0 Å². The van der Waals surface area contributed by atoms with E-state index in [9.17, 15) is 4.79 Å². The van der Waals surface area contributed by atoms with Crippen molar-refractivity contribution in [1.82, 2.24) is 5.32 Å². The molecule has 3 aromatic rings. The Balaban J connectivity index is 2.04. The van der Waals surface area contributed by atoms with Crippen LogP contribution in [0.1, 0.15) is 0 Å². The van der Waals surface area contributed by atoms with E-state index in [0.717, 1.165) is 27.6 Å². The molecule has 1 amide bonds. The highest BCUT2D eigenvalue weighted by Crippen LogP contribution is 2.30. The van der Waals surface area contributed by atoms with Gasteiger partial charge in [-0.15, -0.1) is 0 Å². The molecule has 3 rings (SSSR count). The number of carbonyl (C=O) groups excluding carboxylic acids is 1. The zero-order valence-corrected chi connectivity index (χ0v) is 10.6. The molecule has 4 nitrogen and oxygen atoms in total. The molecule has 0 aliphatic heterocycles. The molecular weight excluding hydrogens is 240 g/mol. The molecule has 96 valence electrons. The highest BCUT2D eigenvalue weighted by atomic mass is 16.3. The van der Waals surface area contributed by atoms with Gasteiger partial charge < -0.3 is 15.1 Å². The first-order valence-electron chi connectivity index (χ1n) is 6.13. The Bertz CT molecular complexity index is 746. The smallest absolute Gasteiger partial charge is 0.238 e. The van der Waals surface area contributed by atoms with E-state index in [1.54, 1.807) is 7.05 Å². The van der Waals surface area contributed by atoms with E-state index in [1.165, 1.54) is 0 Å². The molecule has 0 bridgehead atoms. The second kappa shape index (κ2) is 4.74. The number of hydrogen-bond acceptors (Lipinski definition) is 3. The average Bonchev–Trinajstić information content (AvgIpc) is 2.77. The molecule has 0 aliphatic rings. The first kappa shape index (κ1) is 11.7. The second-order valence-corrected chi connectivity index (χ2v) is 4.39. The van der Waals surface area contributed by atoms with Crippen molar-refractivity contribution in [3.05, 3.63) is 42.5 Å². The number of nitrogens with one attached hydrogen (secondary N) is 2. The van der Waals surface area contributed by atoms with Crippen LogP contribution in [0, 0.1) is 0 Å². The fourth-order valence-electron chi connectivity index (χ4n) is 2.17. The van der Waals surface area contributed by atoms with Crippen molar-refractivity contribution in [2.75, 3.05) is 18.9 Å². The molecular formula is C15H14N2O2. The van der Waals surface area contributed by atoms with E-state index in [-0.39, 0.29) is 5.91 Å². The zero-order valence-electron chi connectivity index (χ0n) is 10.6. The fourth-order valence-corrected chi connectivity index (χ4v) is 2.17. The lowest BCUT2D eigenvalue weighted by atomic mass is 10.1. The first-order valence-corrected chi connectivity index (χ1v) is 6.13. The second-order valence-electron chi connectivity index (χ2n) is 4.39. The van der Waals surface area contributed by atoms with Gasteiger partial charge in [-0.3, -0.25) is 4.79 Å². The third-order valence-corrected chi connectivity index (χ3v) is 3.00. The van der Waals surface area contributed by atoms with E-state index in [0.29, 0.717) is 6.54 Å². The molecule has 0 unspecified atom stereocenters. The summed E-state index contributed by atoms with van der Waals surface area (Å²) in [6, 6.07) is 13.5. The monoisotopic (exact) mass is 254 g/mol. The van der Waals surface area contributed by atoms with Crippen molar-refractivity contribution in [3.63, 3.8) is 0 Å². The van der Waals surface area contributed by atoms with Crippen LogP contribution in [0.3, 0.4) is 0 Å². The number of fused-ring (bicyclic) bond motifs is 3. The Morgan fingerprint density at radius 2 is 1.89 bits per heavy atom. The van der Waals surface area contributed by atoms with Gasteiger partial charge in [0.15, 0.2) is 0 Å². The highest BCUT2D eigenvalue weighted by molar-refractivity contribution is 6.07. The number of amides is 1. The summed E-state index contributed by atoms with van der Waals surface area (Å²) >= 11 is 0. The van der Waals surface area contributed by atoms with E-state index >= 15 is 0 Å². The summed E-state index contributed by atoms with van der Waals surface area (Å²) in [5.74, 6) is -0.0605. The van der Waals surface area contributed by atoms with Gasteiger partial charge in [-0.25, -0.2) is 0 Å². The minimum atomic E-state index is -0.0605. The number of likely N-dealkylation sites (N-methyl/N-ethyl adjacent to an activating group) is 1. The maximum absolute atomic E-state index is 11.6. The molecule has 0 spiro atoms. The first-order chi connectivity index (χ1) is 9.28. The lowest BCUT2D eigenvalue weighted by Gasteiger charge is -2.04. The normalized spacial score (nSPS) is 11.0. The molecule has 2 N–H and O–H groups in total. The fraction of sp³-hybridized carbons (Fsp3) is 0.133. The van der Waals surface area contributed by atoms with Crippen LogP contribution >= 0.6 is 0 Å². The van der Waals surface area contributed by atoms with Crippen LogP contribution in [0.5, 0.6) is 0 Å². The van der Waals surface area contributed by atoms with Crippen LogP contribution < -0.4 is 10.6 Å². The Morgan fingerprint density at radius 3 is 2.74 bits per heavy atom. The third kappa shape index (κ3) is 2.18. The van der Waals surface area contributed by atoms with Crippen molar-refractivity contribution in [2.45, 2.75) is 0 Å². The maximum atomic E-state index is 11.6. The van der Waals surface area contributed by atoms with E-state index in [1.807, 2.05) is 42.5 Å². The van der Waals surface area contributed by atoms with Crippen molar-refractivity contribution in [3.8, 4) is 0 Å². The third-order valence-electron chi connectivity index (χ3n) is 3.00. The lowest BCUT2D eigenvalue weighted by molar-refractivity contribution is -0.115. The quantitative estimate of drug-likeness (QED) is 0.755. The van der Waals surface area contributed by atoms with Crippen LogP contribution in [-0.2, 0) is 4.79 Å². The van der Waals surface area contributed by atoms with Crippen LogP contribution in [0.4, 0.5) is 5.69 Å². The zero-order chi connectivity index (χ0) is 13.2. The molecule has 2 aromatic carbocycles.